The first kappa shape index (κ1) is 10.8. The van der Waals surface area contributed by atoms with Crippen molar-refractivity contribution in [1.29, 1.82) is 0 Å². The molecule has 1 aliphatic carbocycles. The third-order valence-electron chi connectivity index (χ3n) is 2.63. The molecule has 0 saturated heterocycles. The predicted octanol–water partition coefficient (Wildman–Crippen LogP) is 0.464. The molecule has 4 N–H and O–H groups in total. The Morgan fingerprint density at radius 3 is 2.07 bits per heavy atom. The summed E-state index contributed by atoms with van der Waals surface area (Å²) >= 11 is 0. The molecule has 0 heterocycles. The van der Waals surface area contributed by atoms with Crippen molar-refractivity contribution >= 4 is 11.8 Å². The quantitative estimate of drug-likeness (QED) is 0.642. The van der Waals surface area contributed by atoms with Crippen LogP contribution in [0.1, 0.15) is 32.1 Å². The third-order valence-corrected chi connectivity index (χ3v) is 2.63. The topological polar surface area (TPSA) is 86.2 Å². The number of primary amides is 2. The minimum atomic E-state index is -0.593. The van der Waals surface area contributed by atoms with Gasteiger partial charge in [-0.05, 0) is 18.8 Å². The van der Waals surface area contributed by atoms with Gasteiger partial charge in [-0.25, -0.2) is 0 Å². The van der Waals surface area contributed by atoms with Crippen LogP contribution in [0.25, 0.3) is 0 Å². The lowest BCUT2D eigenvalue weighted by Crippen LogP contribution is -2.24. The van der Waals surface area contributed by atoms with Gasteiger partial charge in [-0.3, -0.25) is 9.59 Å². The largest absolute Gasteiger partial charge is 0.366 e. The van der Waals surface area contributed by atoms with Crippen LogP contribution in [0.4, 0.5) is 0 Å². The van der Waals surface area contributed by atoms with Crippen LogP contribution in [0.15, 0.2) is 11.6 Å². The van der Waals surface area contributed by atoms with Gasteiger partial charge in [-0.2, -0.15) is 0 Å². The third kappa shape index (κ3) is 2.87. The monoisotopic (exact) mass is 196 g/mol. The zero-order valence-electron chi connectivity index (χ0n) is 8.16. The van der Waals surface area contributed by atoms with Crippen LogP contribution in [0.3, 0.4) is 0 Å². The molecule has 0 radical (unpaired) electrons. The van der Waals surface area contributed by atoms with Crippen molar-refractivity contribution in [3.05, 3.63) is 11.6 Å². The molecule has 4 nitrogen and oxygen atoms in total. The predicted molar refractivity (Wildman–Crippen MR) is 53.0 cm³/mol. The van der Waals surface area contributed by atoms with E-state index in [1.807, 2.05) is 0 Å². The Labute approximate surface area is 83.3 Å². The van der Waals surface area contributed by atoms with E-state index >= 15 is 0 Å². The van der Waals surface area contributed by atoms with Gasteiger partial charge in [0.15, 0.2) is 0 Å². The molecular formula is C10H16N2O2. The van der Waals surface area contributed by atoms with Gasteiger partial charge in [0.1, 0.15) is 0 Å². The van der Waals surface area contributed by atoms with E-state index in [0.29, 0.717) is 5.57 Å². The van der Waals surface area contributed by atoms with Crippen LogP contribution in [0.5, 0.6) is 0 Å². The standard InChI is InChI=1S/C10H16N2O2/c11-9(13)6-8(10(12)14)7-4-2-1-3-5-7/h6-7H,1-5H2,(H2,11,13)(H2,12,14)/b8-6-. The van der Waals surface area contributed by atoms with Gasteiger partial charge in [0.2, 0.25) is 11.8 Å². The number of carbonyl (C=O) groups is 2. The Balaban J connectivity index is 2.76. The van der Waals surface area contributed by atoms with Crippen molar-refractivity contribution in [2.24, 2.45) is 17.4 Å². The molecule has 0 bridgehead atoms. The first-order chi connectivity index (χ1) is 6.61. The van der Waals surface area contributed by atoms with Gasteiger partial charge in [0, 0.05) is 11.6 Å². The smallest absolute Gasteiger partial charge is 0.245 e. The van der Waals surface area contributed by atoms with Gasteiger partial charge >= 0.3 is 0 Å². The summed E-state index contributed by atoms with van der Waals surface area (Å²) in [6, 6.07) is 0. The van der Waals surface area contributed by atoms with E-state index in [2.05, 4.69) is 0 Å². The molecule has 4 heteroatoms. The molecule has 0 aromatic heterocycles. The van der Waals surface area contributed by atoms with Gasteiger partial charge in [0.25, 0.3) is 0 Å². The van der Waals surface area contributed by atoms with E-state index < -0.39 is 11.8 Å². The maximum Gasteiger partial charge on any atom is 0.245 e. The van der Waals surface area contributed by atoms with E-state index in [-0.39, 0.29) is 5.92 Å². The second-order valence-corrected chi connectivity index (χ2v) is 3.70. The van der Waals surface area contributed by atoms with Crippen molar-refractivity contribution in [3.8, 4) is 0 Å². The average molecular weight is 196 g/mol. The van der Waals surface area contributed by atoms with Crippen molar-refractivity contribution in [2.45, 2.75) is 32.1 Å². The first-order valence-electron chi connectivity index (χ1n) is 4.92. The van der Waals surface area contributed by atoms with Gasteiger partial charge in [0.05, 0.1) is 0 Å². The fraction of sp³-hybridized carbons (Fsp3) is 0.600. The van der Waals surface area contributed by atoms with Crippen molar-refractivity contribution in [3.63, 3.8) is 0 Å². The van der Waals surface area contributed by atoms with Crippen LogP contribution in [-0.4, -0.2) is 11.8 Å². The second-order valence-electron chi connectivity index (χ2n) is 3.70. The Hall–Kier alpha value is -1.32. The lowest BCUT2D eigenvalue weighted by Gasteiger charge is -2.22. The number of amides is 2. The Morgan fingerprint density at radius 2 is 1.64 bits per heavy atom. The first-order valence-corrected chi connectivity index (χ1v) is 4.92. The molecule has 78 valence electrons. The van der Waals surface area contributed by atoms with Crippen molar-refractivity contribution in [1.82, 2.24) is 0 Å². The summed E-state index contributed by atoms with van der Waals surface area (Å²) in [6.45, 7) is 0. The number of carbonyl (C=O) groups excluding carboxylic acids is 2. The fourth-order valence-electron chi connectivity index (χ4n) is 1.96. The van der Waals surface area contributed by atoms with Crippen LogP contribution in [-0.2, 0) is 9.59 Å². The minimum absolute atomic E-state index is 0.133. The number of nitrogens with two attached hydrogens (primary N) is 2. The molecule has 14 heavy (non-hydrogen) atoms. The van der Waals surface area contributed by atoms with E-state index in [4.69, 9.17) is 11.5 Å². The molecule has 1 saturated carbocycles. The van der Waals surface area contributed by atoms with Gasteiger partial charge in [-0.15, -0.1) is 0 Å². The summed E-state index contributed by atoms with van der Waals surface area (Å²) < 4.78 is 0. The van der Waals surface area contributed by atoms with E-state index in [1.165, 1.54) is 12.5 Å². The highest BCUT2D eigenvalue weighted by Gasteiger charge is 2.21. The zero-order chi connectivity index (χ0) is 10.6. The lowest BCUT2D eigenvalue weighted by atomic mass is 9.83. The average Bonchev–Trinajstić information content (AvgIpc) is 2.15. The highest BCUT2D eigenvalue weighted by atomic mass is 16.1. The molecule has 1 rings (SSSR count). The van der Waals surface area contributed by atoms with Crippen LogP contribution in [0.2, 0.25) is 0 Å². The summed E-state index contributed by atoms with van der Waals surface area (Å²) in [6.07, 6.45) is 6.42. The fourth-order valence-corrected chi connectivity index (χ4v) is 1.96. The molecule has 0 aromatic rings. The number of hydrogen-bond acceptors (Lipinski definition) is 2. The van der Waals surface area contributed by atoms with E-state index in [0.717, 1.165) is 25.7 Å². The maximum absolute atomic E-state index is 11.1. The minimum Gasteiger partial charge on any atom is -0.366 e. The summed E-state index contributed by atoms with van der Waals surface area (Å²) in [5, 5.41) is 0. The Morgan fingerprint density at radius 1 is 1.07 bits per heavy atom. The van der Waals surface area contributed by atoms with Gasteiger partial charge in [-0.1, -0.05) is 19.3 Å². The molecule has 0 atom stereocenters. The SMILES string of the molecule is NC(=O)/C=C(\C(N)=O)C1CCCCC1. The number of rotatable bonds is 3. The Kier molecular flexibility index (Phi) is 3.68. The molecule has 0 spiro atoms. The molecule has 1 fully saturated rings. The Bertz CT molecular complexity index is 265. The molecule has 0 unspecified atom stereocenters. The highest BCUT2D eigenvalue weighted by molar-refractivity contribution is 6.00. The lowest BCUT2D eigenvalue weighted by molar-refractivity contribution is -0.117. The molecule has 0 aromatic carbocycles. The van der Waals surface area contributed by atoms with Crippen LogP contribution < -0.4 is 11.5 Å². The van der Waals surface area contributed by atoms with Crippen molar-refractivity contribution < 1.29 is 9.59 Å². The van der Waals surface area contributed by atoms with Crippen LogP contribution >= 0.6 is 0 Å². The summed E-state index contributed by atoms with van der Waals surface area (Å²) in [4.78, 5) is 21.8. The van der Waals surface area contributed by atoms with Crippen LogP contribution in [0, 0.1) is 5.92 Å². The maximum atomic E-state index is 11.1. The molecule has 2 amide bonds. The molecule has 1 aliphatic rings. The second kappa shape index (κ2) is 4.79. The summed E-state index contributed by atoms with van der Waals surface area (Å²) in [5.41, 5.74) is 10.6. The summed E-state index contributed by atoms with van der Waals surface area (Å²) in [5.74, 6) is -0.978. The zero-order valence-corrected chi connectivity index (χ0v) is 8.16. The van der Waals surface area contributed by atoms with E-state index in [9.17, 15) is 9.59 Å². The molecule has 0 aliphatic heterocycles. The van der Waals surface area contributed by atoms with Gasteiger partial charge < -0.3 is 11.5 Å². The molecular weight excluding hydrogens is 180 g/mol. The highest BCUT2D eigenvalue weighted by Crippen LogP contribution is 2.29. The van der Waals surface area contributed by atoms with E-state index in [1.54, 1.807) is 0 Å². The van der Waals surface area contributed by atoms with Crippen molar-refractivity contribution in [2.75, 3.05) is 0 Å². The number of hydrogen-bond donors (Lipinski definition) is 2. The summed E-state index contributed by atoms with van der Waals surface area (Å²) in [7, 11) is 0. The normalized spacial score (nSPS) is 19.3.